The van der Waals surface area contributed by atoms with E-state index in [4.69, 9.17) is 5.26 Å². The largest absolute Gasteiger partial charge is 0.333 e. The van der Waals surface area contributed by atoms with Gasteiger partial charge in [0, 0.05) is 0 Å². The summed E-state index contributed by atoms with van der Waals surface area (Å²) < 4.78 is 1.43. The van der Waals surface area contributed by atoms with E-state index in [9.17, 15) is 4.79 Å². The fourth-order valence-electron chi connectivity index (χ4n) is 2.86. The van der Waals surface area contributed by atoms with Crippen molar-refractivity contribution >= 4 is 33.7 Å². The van der Waals surface area contributed by atoms with Crippen LogP contribution in [-0.4, -0.2) is 19.5 Å². The Balaban J connectivity index is 1.70. The number of H-pyrrole nitrogens is 1. The number of nitriles is 1. The molecule has 0 aliphatic carbocycles. The van der Waals surface area contributed by atoms with Crippen molar-refractivity contribution in [1.29, 1.82) is 5.26 Å². The fraction of sp³-hybridized carbons (Fsp3) is 0.158. The first-order valence-electron chi connectivity index (χ1n) is 8.10. The Hall–Kier alpha value is -3.11. The first-order chi connectivity index (χ1) is 12.7. The molecule has 1 N–H and O–H groups in total. The van der Waals surface area contributed by atoms with Gasteiger partial charge in [0.05, 0.1) is 33.8 Å². The summed E-state index contributed by atoms with van der Waals surface area (Å²) in [6, 6.07) is 15.3. The number of para-hydroxylation sites is 1. The Kier molecular flexibility index (Phi) is 4.19. The molecule has 26 heavy (non-hydrogen) atoms. The number of rotatable bonds is 4. The van der Waals surface area contributed by atoms with E-state index < -0.39 is 0 Å². The lowest BCUT2D eigenvalue weighted by Crippen LogP contribution is -2.24. The average molecular weight is 361 g/mol. The summed E-state index contributed by atoms with van der Waals surface area (Å²) >= 11 is 1.46. The molecule has 0 aliphatic rings. The van der Waals surface area contributed by atoms with Crippen molar-refractivity contribution < 1.29 is 0 Å². The van der Waals surface area contributed by atoms with Crippen LogP contribution >= 0.6 is 11.8 Å². The molecule has 0 unspecified atom stereocenters. The number of imidazole rings is 1. The monoisotopic (exact) mass is 361 g/mol. The van der Waals surface area contributed by atoms with Crippen LogP contribution in [0.15, 0.2) is 52.4 Å². The Morgan fingerprint density at radius 1 is 1.19 bits per heavy atom. The zero-order valence-corrected chi connectivity index (χ0v) is 14.9. The van der Waals surface area contributed by atoms with E-state index in [-0.39, 0.29) is 12.1 Å². The Bertz CT molecular complexity index is 1220. The normalized spacial score (nSPS) is 11.1. The van der Waals surface area contributed by atoms with Crippen LogP contribution in [0.1, 0.15) is 11.4 Å². The fourth-order valence-corrected chi connectivity index (χ4v) is 3.69. The molecule has 2 aromatic carbocycles. The standard InChI is InChI=1S/C19H15N5OS/c1-12-6-7-15-16(10-12)23-19(22-15)26-11-17-21-14-5-3-2-4-13(14)18(25)24(17)9-8-20/h2-7,10H,9,11H2,1H3,(H,22,23). The van der Waals surface area contributed by atoms with E-state index in [1.54, 1.807) is 12.1 Å². The highest BCUT2D eigenvalue weighted by molar-refractivity contribution is 7.98. The molecule has 0 radical (unpaired) electrons. The lowest BCUT2D eigenvalue weighted by molar-refractivity contribution is 0.730. The molecule has 0 fully saturated rings. The number of benzene rings is 2. The van der Waals surface area contributed by atoms with E-state index >= 15 is 0 Å². The lowest BCUT2D eigenvalue weighted by atomic mass is 10.2. The molecule has 4 aromatic rings. The summed E-state index contributed by atoms with van der Waals surface area (Å²) in [7, 11) is 0. The van der Waals surface area contributed by atoms with E-state index in [1.807, 2.05) is 43.3 Å². The van der Waals surface area contributed by atoms with Crippen LogP contribution in [0.25, 0.3) is 21.9 Å². The summed E-state index contributed by atoms with van der Waals surface area (Å²) in [6.07, 6.45) is 0. The minimum atomic E-state index is -0.187. The zero-order valence-electron chi connectivity index (χ0n) is 14.1. The number of hydrogen-bond acceptors (Lipinski definition) is 5. The molecular weight excluding hydrogens is 346 g/mol. The van der Waals surface area contributed by atoms with Crippen molar-refractivity contribution in [2.75, 3.05) is 0 Å². The number of aryl methyl sites for hydroxylation is 1. The molecule has 128 valence electrons. The number of nitrogens with one attached hydrogen (secondary N) is 1. The summed E-state index contributed by atoms with van der Waals surface area (Å²) in [6.45, 7) is 2.01. The second-order valence-corrected chi connectivity index (χ2v) is 6.91. The first kappa shape index (κ1) is 16.4. The number of thioether (sulfide) groups is 1. The van der Waals surface area contributed by atoms with Gasteiger partial charge in [-0.25, -0.2) is 9.97 Å². The Labute approximate surface area is 153 Å². The van der Waals surface area contributed by atoms with E-state index in [0.717, 1.165) is 21.8 Å². The first-order valence-corrected chi connectivity index (χ1v) is 9.09. The van der Waals surface area contributed by atoms with Crippen molar-refractivity contribution in [3.8, 4) is 6.07 Å². The number of nitrogens with zero attached hydrogens (tertiary/aromatic N) is 4. The second-order valence-electron chi connectivity index (χ2n) is 5.95. The molecule has 0 amide bonds. The maximum absolute atomic E-state index is 12.7. The highest BCUT2D eigenvalue weighted by Crippen LogP contribution is 2.23. The van der Waals surface area contributed by atoms with Gasteiger partial charge in [0.2, 0.25) is 0 Å². The molecule has 6 nitrogen and oxygen atoms in total. The van der Waals surface area contributed by atoms with Gasteiger partial charge in [0.1, 0.15) is 12.4 Å². The number of aromatic nitrogens is 4. The summed E-state index contributed by atoms with van der Waals surface area (Å²) in [4.78, 5) is 25.1. The molecule has 0 saturated heterocycles. The second kappa shape index (κ2) is 6.65. The number of hydrogen-bond donors (Lipinski definition) is 1. The van der Waals surface area contributed by atoms with Crippen LogP contribution in [0.5, 0.6) is 0 Å². The summed E-state index contributed by atoms with van der Waals surface area (Å²) in [5.74, 6) is 1.01. The molecule has 2 heterocycles. The van der Waals surface area contributed by atoms with Crippen LogP contribution in [0.4, 0.5) is 0 Å². The molecule has 0 spiro atoms. The molecule has 0 aliphatic heterocycles. The third-order valence-electron chi connectivity index (χ3n) is 4.12. The summed E-state index contributed by atoms with van der Waals surface area (Å²) in [5.41, 5.74) is 3.50. The van der Waals surface area contributed by atoms with Gasteiger partial charge in [0.15, 0.2) is 5.16 Å². The third kappa shape index (κ3) is 2.95. The van der Waals surface area contributed by atoms with E-state index in [1.165, 1.54) is 16.3 Å². The summed E-state index contributed by atoms with van der Waals surface area (Å²) in [5, 5.41) is 10.4. The lowest BCUT2D eigenvalue weighted by Gasteiger charge is -2.09. The van der Waals surface area contributed by atoms with Crippen molar-refractivity contribution in [3.05, 3.63) is 64.2 Å². The van der Waals surface area contributed by atoms with E-state index in [2.05, 4.69) is 15.0 Å². The van der Waals surface area contributed by atoms with Crippen LogP contribution in [-0.2, 0) is 12.3 Å². The van der Waals surface area contributed by atoms with Gasteiger partial charge >= 0.3 is 0 Å². The van der Waals surface area contributed by atoms with Crippen molar-refractivity contribution in [2.45, 2.75) is 24.4 Å². The SMILES string of the molecule is Cc1ccc2nc(SCc3nc4ccccc4c(=O)n3CC#N)[nH]c2c1. The number of fused-ring (bicyclic) bond motifs is 2. The van der Waals surface area contributed by atoms with Crippen LogP contribution < -0.4 is 5.56 Å². The number of aromatic amines is 1. The average Bonchev–Trinajstić information content (AvgIpc) is 3.04. The van der Waals surface area contributed by atoms with E-state index in [0.29, 0.717) is 22.5 Å². The zero-order chi connectivity index (χ0) is 18.1. The van der Waals surface area contributed by atoms with Gasteiger partial charge in [0.25, 0.3) is 5.56 Å². The molecule has 0 atom stereocenters. The Morgan fingerprint density at radius 2 is 2.04 bits per heavy atom. The van der Waals surface area contributed by atoms with Gasteiger partial charge in [-0.1, -0.05) is 30.0 Å². The van der Waals surface area contributed by atoms with Gasteiger partial charge in [-0.05, 0) is 36.8 Å². The van der Waals surface area contributed by atoms with Gasteiger partial charge < -0.3 is 4.98 Å². The van der Waals surface area contributed by atoms with Crippen molar-refractivity contribution in [3.63, 3.8) is 0 Å². The Morgan fingerprint density at radius 3 is 2.88 bits per heavy atom. The van der Waals surface area contributed by atoms with Crippen LogP contribution in [0.2, 0.25) is 0 Å². The van der Waals surface area contributed by atoms with Crippen molar-refractivity contribution in [1.82, 2.24) is 19.5 Å². The van der Waals surface area contributed by atoms with Gasteiger partial charge in [-0.2, -0.15) is 5.26 Å². The van der Waals surface area contributed by atoms with Gasteiger partial charge in [-0.3, -0.25) is 9.36 Å². The smallest absolute Gasteiger partial charge is 0.262 e. The third-order valence-corrected chi connectivity index (χ3v) is 4.99. The quantitative estimate of drug-likeness (QED) is 0.563. The van der Waals surface area contributed by atoms with Gasteiger partial charge in [-0.15, -0.1) is 0 Å². The molecule has 4 rings (SSSR count). The van der Waals surface area contributed by atoms with Crippen molar-refractivity contribution in [2.24, 2.45) is 0 Å². The minimum Gasteiger partial charge on any atom is -0.333 e. The molecule has 7 heteroatoms. The maximum Gasteiger partial charge on any atom is 0.262 e. The molecule has 0 bridgehead atoms. The topological polar surface area (TPSA) is 87.4 Å². The molecule has 0 saturated carbocycles. The minimum absolute atomic E-state index is 0.0219. The predicted molar refractivity (Wildman–Crippen MR) is 102 cm³/mol. The maximum atomic E-state index is 12.7. The van der Waals surface area contributed by atoms with Crippen LogP contribution in [0.3, 0.4) is 0 Å². The predicted octanol–water partition coefficient (Wildman–Crippen LogP) is 3.40. The molecule has 2 aromatic heterocycles. The molecular formula is C19H15N5OS. The highest BCUT2D eigenvalue weighted by Gasteiger charge is 2.12. The highest BCUT2D eigenvalue weighted by atomic mass is 32.2. The van der Waals surface area contributed by atoms with Crippen LogP contribution in [0, 0.1) is 18.3 Å².